The van der Waals surface area contributed by atoms with Gasteiger partial charge in [0.25, 0.3) is 11.8 Å². The summed E-state index contributed by atoms with van der Waals surface area (Å²) in [5.74, 6) is -1.45. The number of halogens is 4. The number of aryl methyl sites for hydroxylation is 1. The molecule has 1 heterocycles. The van der Waals surface area contributed by atoms with Gasteiger partial charge in [-0.3, -0.25) is 14.9 Å². The summed E-state index contributed by atoms with van der Waals surface area (Å²) in [7, 11) is 0. The van der Waals surface area contributed by atoms with Gasteiger partial charge in [0, 0.05) is 20.1 Å². The summed E-state index contributed by atoms with van der Waals surface area (Å²) in [5, 5.41) is 3.03. The number of carbonyl (C=O) groups is 3. The molecule has 1 N–H and O–H groups in total. The van der Waals surface area contributed by atoms with Crippen molar-refractivity contribution < 1.29 is 19.1 Å². The molecule has 1 aliphatic rings. The molecule has 3 aromatic rings. The fraction of sp³-hybridized carbons (Fsp3) is 0.0800. The van der Waals surface area contributed by atoms with Crippen LogP contribution in [0.3, 0.4) is 0 Å². The van der Waals surface area contributed by atoms with Crippen LogP contribution in [0.15, 0.2) is 64.6 Å². The van der Waals surface area contributed by atoms with Crippen LogP contribution in [0.2, 0.25) is 15.1 Å². The van der Waals surface area contributed by atoms with Crippen LogP contribution in [0.1, 0.15) is 16.7 Å². The molecule has 0 radical (unpaired) electrons. The number of ether oxygens (including phenoxy) is 1. The fourth-order valence-electron chi connectivity index (χ4n) is 3.34. The molecule has 35 heavy (non-hydrogen) atoms. The number of barbiturate groups is 1. The van der Waals surface area contributed by atoms with E-state index in [9.17, 15) is 14.4 Å². The third-order valence-electron chi connectivity index (χ3n) is 5.15. The van der Waals surface area contributed by atoms with Crippen molar-refractivity contribution in [1.29, 1.82) is 0 Å². The lowest BCUT2D eigenvalue weighted by molar-refractivity contribution is -0.122. The molecular weight excluding hydrogens is 579 g/mol. The summed E-state index contributed by atoms with van der Waals surface area (Å²) in [6.07, 6.45) is 1.29. The fourth-order valence-corrected chi connectivity index (χ4v) is 4.35. The normalized spacial score (nSPS) is 14.9. The van der Waals surface area contributed by atoms with Crippen molar-refractivity contribution >= 4 is 80.3 Å². The van der Waals surface area contributed by atoms with Gasteiger partial charge in [0.05, 0.1) is 10.7 Å². The van der Waals surface area contributed by atoms with Crippen molar-refractivity contribution in [1.82, 2.24) is 5.32 Å². The molecule has 0 aromatic heterocycles. The number of hydrogen-bond donors (Lipinski definition) is 1. The van der Waals surface area contributed by atoms with E-state index in [2.05, 4.69) is 21.2 Å². The minimum Gasteiger partial charge on any atom is -0.487 e. The zero-order valence-corrected chi connectivity index (χ0v) is 21.9. The quantitative estimate of drug-likeness (QED) is 0.256. The predicted molar refractivity (Wildman–Crippen MR) is 140 cm³/mol. The number of amides is 4. The highest BCUT2D eigenvalue weighted by molar-refractivity contribution is 9.10. The summed E-state index contributed by atoms with van der Waals surface area (Å²) in [4.78, 5) is 39.2. The highest BCUT2D eigenvalue weighted by Crippen LogP contribution is 2.35. The first-order valence-corrected chi connectivity index (χ1v) is 12.1. The molecule has 3 aromatic carbocycles. The Morgan fingerprint density at radius 1 is 0.971 bits per heavy atom. The lowest BCUT2D eigenvalue weighted by atomic mass is 10.1. The van der Waals surface area contributed by atoms with E-state index in [4.69, 9.17) is 39.5 Å². The van der Waals surface area contributed by atoms with E-state index in [1.165, 1.54) is 24.3 Å². The maximum atomic E-state index is 13.3. The Hall–Kier alpha value is -2.84. The summed E-state index contributed by atoms with van der Waals surface area (Å²) in [6, 6.07) is 14.3. The molecule has 0 unspecified atom stereocenters. The highest BCUT2D eigenvalue weighted by Gasteiger charge is 2.37. The molecule has 178 valence electrons. The average molecular weight is 595 g/mol. The monoisotopic (exact) mass is 592 g/mol. The Bertz CT molecular complexity index is 1390. The molecule has 4 rings (SSSR count). The number of nitrogens with one attached hydrogen (secondary N) is 1. The lowest BCUT2D eigenvalue weighted by Gasteiger charge is -2.26. The standard InChI is InChI=1S/C25H16BrCl3N2O4/c1-13-2-7-18(11-20(13)28)31-24(33)19(23(32)30-25(31)34)9-15-8-17(27)10-21(29)22(15)35-12-14-3-5-16(26)6-4-14/h2-11H,12H2,1H3,(H,30,32,34)/b19-9+. The van der Waals surface area contributed by atoms with E-state index in [1.807, 2.05) is 24.3 Å². The van der Waals surface area contributed by atoms with Gasteiger partial charge in [-0.15, -0.1) is 0 Å². The van der Waals surface area contributed by atoms with Crippen molar-refractivity contribution in [2.75, 3.05) is 4.90 Å². The minimum absolute atomic E-state index is 0.178. The molecular formula is C25H16BrCl3N2O4. The zero-order valence-electron chi connectivity index (χ0n) is 18.1. The van der Waals surface area contributed by atoms with Crippen molar-refractivity contribution in [3.63, 3.8) is 0 Å². The van der Waals surface area contributed by atoms with Crippen molar-refractivity contribution in [3.8, 4) is 5.75 Å². The van der Waals surface area contributed by atoms with Gasteiger partial charge < -0.3 is 4.74 Å². The van der Waals surface area contributed by atoms with Gasteiger partial charge in [-0.2, -0.15) is 0 Å². The van der Waals surface area contributed by atoms with Crippen LogP contribution in [0.4, 0.5) is 10.5 Å². The number of carbonyl (C=O) groups excluding carboxylic acids is 3. The Labute approximate surface area is 224 Å². The smallest absolute Gasteiger partial charge is 0.335 e. The Balaban J connectivity index is 1.71. The van der Waals surface area contributed by atoms with E-state index >= 15 is 0 Å². The number of anilines is 1. The largest absolute Gasteiger partial charge is 0.487 e. The van der Waals surface area contributed by atoms with Gasteiger partial charge in [0.15, 0.2) is 0 Å². The molecule has 1 fully saturated rings. The molecule has 1 saturated heterocycles. The first-order valence-electron chi connectivity index (χ1n) is 10.2. The molecule has 0 saturated carbocycles. The Morgan fingerprint density at radius 2 is 1.69 bits per heavy atom. The number of benzene rings is 3. The Morgan fingerprint density at radius 3 is 2.37 bits per heavy atom. The number of rotatable bonds is 5. The van der Waals surface area contributed by atoms with Gasteiger partial charge in [-0.1, -0.05) is 68.9 Å². The third kappa shape index (κ3) is 5.54. The highest BCUT2D eigenvalue weighted by atomic mass is 79.9. The summed E-state index contributed by atoms with van der Waals surface area (Å²) < 4.78 is 6.85. The van der Waals surface area contributed by atoms with E-state index in [1.54, 1.807) is 19.1 Å². The molecule has 0 bridgehead atoms. The van der Waals surface area contributed by atoms with Gasteiger partial charge >= 0.3 is 6.03 Å². The van der Waals surface area contributed by atoms with Crippen LogP contribution >= 0.6 is 50.7 Å². The van der Waals surface area contributed by atoms with E-state index in [0.29, 0.717) is 10.6 Å². The van der Waals surface area contributed by atoms with Gasteiger partial charge in [0.1, 0.15) is 17.9 Å². The van der Waals surface area contributed by atoms with Crippen LogP contribution in [0.25, 0.3) is 6.08 Å². The minimum atomic E-state index is -0.882. The van der Waals surface area contributed by atoms with Crippen LogP contribution < -0.4 is 15.0 Å². The SMILES string of the molecule is Cc1ccc(N2C(=O)NC(=O)/C(=C\c3cc(Cl)cc(Cl)c3OCc3ccc(Br)cc3)C2=O)cc1Cl. The second-order valence-corrected chi connectivity index (χ2v) is 9.78. The third-order valence-corrected chi connectivity index (χ3v) is 6.58. The van der Waals surface area contributed by atoms with E-state index in [0.717, 1.165) is 20.5 Å². The lowest BCUT2D eigenvalue weighted by Crippen LogP contribution is -2.54. The Kier molecular flexibility index (Phi) is 7.52. The van der Waals surface area contributed by atoms with Crippen molar-refractivity contribution in [2.24, 2.45) is 0 Å². The number of urea groups is 1. The number of nitrogens with zero attached hydrogens (tertiary/aromatic N) is 1. The molecule has 6 nitrogen and oxygen atoms in total. The molecule has 1 aliphatic heterocycles. The van der Waals surface area contributed by atoms with Crippen LogP contribution in [-0.4, -0.2) is 17.8 Å². The van der Waals surface area contributed by atoms with Crippen molar-refractivity contribution in [3.05, 3.63) is 96.4 Å². The zero-order chi connectivity index (χ0) is 25.3. The molecule has 0 aliphatic carbocycles. The average Bonchev–Trinajstić information content (AvgIpc) is 2.79. The topological polar surface area (TPSA) is 75.7 Å². The molecule has 0 atom stereocenters. The maximum Gasteiger partial charge on any atom is 0.335 e. The number of imide groups is 2. The van der Waals surface area contributed by atoms with E-state index in [-0.39, 0.29) is 33.7 Å². The first-order chi connectivity index (χ1) is 16.6. The maximum absolute atomic E-state index is 13.3. The van der Waals surface area contributed by atoms with Gasteiger partial charge in [0.2, 0.25) is 0 Å². The van der Waals surface area contributed by atoms with Crippen LogP contribution in [-0.2, 0) is 16.2 Å². The summed E-state index contributed by atoms with van der Waals surface area (Å²) in [6.45, 7) is 1.97. The van der Waals surface area contributed by atoms with Crippen LogP contribution in [0.5, 0.6) is 5.75 Å². The van der Waals surface area contributed by atoms with E-state index < -0.39 is 17.8 Å². The first kappa shape index (κ1) is 25.3. The van der Waals surface area contributed by atoms with Gasteiger partial charge in [-0.05, 0) is 60.5 Å². The number of hydrogen-bond acceptors (Lipinski definition) is 4. The summed E-state index contributed by atoms with van der Waals surface area (Å²) >= 11 is 22.1. The van der Waals surface area contributed by atoms with Crippen molar-refractivity contribution in [2.45, 2.75) is 13.5 Å². The van der Waals surface area contributed by atoms with Gasteiger partial charge in [-0.25, -0.2) is 9.69 Å². The second-order valence-electron chi connectivity index (χ2n) is 7.61. The predicted octanol–water partition coefficient (Wildman–Crippen LogP) is 6.96. The summed E-state index contributed by atoms with van der Waals surface area (Å²) in [5.41, 5.74) is 1.87. The molecule has 0 spiro atoms. The van der Waals surface area contributed by atoms with Crippen LogP contribution in [0, 0.1) is 6.92 Å². The second kappa shape index (κ2) is 10.4. The molecule has 4 amide bonds. The molecule has 10 heteroatoms.